The van der Waals surface area contributed by atoms with Crippen LogP contribution in [-0.4, -0.2) is 20.1 Å². The number of benzene rings is 2. The normalized spacial score (nSPS) is 15.4. The number of hydrogen-bond donors (Lipinski definition) is 1. The van der Waals surface area contributed by atoms with Gasteiger partial charge in [0.25, 0.3) is 0 Å². The van der Waals surface area contributed by atoms with Crippen molar-refractivity contribution in [2.75, 3.05) is 6.61 Å². The molecule has 3 rings (SSSR count). The first-order valence-corrected chi connectivity index (χ1v) is 7.63. The molecule has 0 spiro atoms. The molecule has 0 atom stereocenters. The van der Waals surface area contributed by atoms with Crippen LogP contribution in [0.2, 0.25) is 0 Å². The van der Waals surface area contributed by atoms with E-state index in [0.717, 1.165) is 0 Å². The third-order valence-corrected chi connectivity index (χ3v) is 5.05. The molecule has 1 aliphatic heterocycles. The van der Waals surface area contributed by atoms with Crippen LogP contribution >= 0.6 is 0 Å². The van der Waals surface area contributed by atoms with E-state index >= 15 is 0 Å². The maximum absolute atomic E-state index is 13.4. The highest BCUT2D eigenvalue weighted by molar-refractivity contribution is 7.95. The van der Waals surface area contributed by atoms with Crippen molar-refractivity contribution >= 4 is 15.9 Å². The highest BCUT2D eigenvalue weighted by Gasteiger charge is 2.31. The first-order valence-electron chi connectivity index (χ1n) is 6.15. The first-order chi connectivity index (χ1) is 10.00. The van der Waals surface area contributed by atoms with Crippen LogP contribution in [0.4, 0.5) is 4.39 Å². The minimum atomic E-state index is -3.70. The Labute approximate surface area is 121 Å². The number of phenols is 1. The number of ether oxygens (including phenoxy) is 1. The van der Waals surface area contributed by atoms with Crippen molar-refractivity contribution < 1.29 is 22.7 Å². The number of fused-ring (bicyclic) bond motifs is 1. The van der Waals surface area contributed by atoms with Gasteiger partial charge in [-0.05, 0) is 30.3 Å². The summed E-state index contributed by atoms with van der Waals surface area (Å²) in [5.41, 5.74) is 0.240. The second-order valence-corrected chi connectivity index (χ2v) is 6.49. The molecule has 0 saturated heterocycles. The molecule has 0 unspecified atom stereocenters. The van der Waals surface area contributed by atoms with Gasteiger partial charge in [-0.1, -0.05) is 18.2 Å². The number of phenolic OH excluding ortho intramolecular Hbond substituents is 1. The molecule has 0 amide bonds. The molecule has 6 heteroatoms. The molecule has 21 heavy (non-hydrogen) atoms. The summed E-state index contributed by atoms with van der Waals surface area (Å²) in [5.74, 6) is -0.695. The molecule has 0 bridgehead atoms. The van der Waals surface area contributed by atoms with Gasteiger partial charge in [0.1, 0.15) is 12.4 Å². The lowest BCUT2D eigenvalue weighted by molar-refractivity contribution is 0.338. The van der Waals surface area contributed by atoms with E-state index in [1.54, 1.807) is 6.07 Å². The molecule has 0 aliphatic carbocycles. The Morgan fingerprint density at radius 3 is 2.57 bits per heavy atom. The molecule has 2 aromatic carbocycles. The van der Waals surface area contributed by atoms with Gasteiger partial charge >= 0.3 is 0 Å². The van der Waals surface area contributed by atoms with Crippen molar-refractivity contribution in [3.63, 3.8) is 0 Å². The summed E-state index contributed by atoms with van der Waals surface area (Å²) in [6, 6.07) is 10.0. The lowest BCUT2D eigenvalue weighted by atomic mass is 10.2. The SMILES string of the molecule is O=S1(=O)C(COc2ccccc2F)=Cc2c(O)cccc21. The van der Waals surface area contributed by atoms with E-state index in [4.69, 9.17) is 4.74 Å². The number of rotatable bonds is 3. The molecule has 0 radical (unpaired) electrons. The highest BCUT2D eigenvalue weighted by atomic mass is 32.2. The number of para-hydroxylation sites is 1. The Morgan fingerprint density at radius 1 is 1.10 bits per heavy atom. The highest BCUT2D eigenvalue weighted by Crippen LogP contribution is 2.37. The lowest BCUT2D eigenvalue weighted by Gasteiger charge is -2.08. The van der Waals surface area contributed by atoms with Gasteiger partial charge in [-0.15, -0.1) is 0 Å². The van der Waals surface area contributed by atoms with Crippen LogP contribution in [0.25, 0.3) is 6.08 Å². The number of aromatic hydroxyl groups is 1. The summed E-state index contributed by atoms with van der Waals surface area (Å²) in [5, 5.41) is 9.70. The van der Waals surface area contributed by atoms with Crippen LogP contribution < -0.4 is 4.74 Å². The Kier molecular flexibility index (Phi) is 3.17. The standard InChI is InChI=1S/C15H11FO4S/c16-12-4-1-2-6-14(12)20-9-10-8-11-13(17)5-3-7-15(11)21(10,18)19/h1-8,17H,9H2. The number of halogens is 1. The monoisotopic (exact) mass is 306 g/mol. The van der Waals surface area contributed by atoms with E-state index < -0.39 is 15.7 Å². The van der Waals surface area contributed by atoms with E-state index in [0.29, 0.717) is 0 Å². The van der Waals surface area contributed by atoms with Crippen molar-refractivity contribution in [1.82, 2.24) is 0 Å². The quantitative estimate of drug-likeness (QED) is 0.947. The molecule has 4 nitrogen and oxygen atoms in total. The summed E-state index contributed by atoms with van der Waals surface area (Å²) in [6.45, 7) is -0.294. The van der Waals surface area contributed by atoms with E-state index in [-0.39, 0.29) is 33.5 Å². The maximum Gasteiger partial charge on any atom is 0.206 e. The van der Waals surface area contributed by atoms with Gasteiger partial charge in [-0.3, -0.25) is 0 Å². The zero-order valence-electron chi connectivity index (χ0n) is 10.8. The molecule has 0 aromatic heterocycles. The molecule has 1 heterocycles. The molecule has 0 fully saturated rings. The lowest BCUT2D eigenvalue weighted by Crippen LogP contribution is -2.09. The molecule has 2 aromatic rings. The van der Waals surface area contributed by atoms with Crippen molar-refractivity contribution in [1.29, 1.82) is 0 Å². The Hall–Kier alpha value is -2.34. The Bertz CT molecular complexity index is 841. The fourth-order valence-corrected chi connectivity index (χ4v) is 3.60. The third kappa shape index (κ3) is 2.27. The summed E-state index contributed by atoms with van der Waals surface area (Å²) in [4.78, 5) is 0.0249. The summed E-state index contributed by atoms with van der Waals surface area (Å²) >= 11 is 0. The fourth-order valence-electron chi connectivity index (χ4n) is 2.12. The van der Waals surface area contributed by atoms with Crippen LogP contribution in [0.3, 0.4) is 0 Å². The van der Waals surface area contributed by atoms with Crippen molar-refractivity contribution in [3.8, 4) is 11.5 Å². The van der Waals surface area contributed by atoms with Crippen LogP contribution in [0, 0.1) is 5.82 Å². The van der Waals surface area contributed by atoms with E-state index in [1.807, 2.05) is 0 Å². The minimum Gasteiger partial charge on any atom is -0.507 e. The third-order valence-electron chi connectivity index (χ3n) is 3.19. The smallest absolute Gasteiger partial charge is 0.206 e. The summed E-state index contributed by atoms with van der Waals surface area (Å²) in [7, 11) is -3.70. The summed E-state index contributed by atoms with van der Waals surface area (Å²) < 4.78 is 43.3. The van der Waals surface area contributed by atoms with Gasteiger partial charge in [0, 0.05) is 5.56 Å². The predicted octanol–water partition coefficient (Wildman–Crippen LogP) is 2.74. The van der Waals surface area contributed by atoms with Crippen LogP contribution in [0.15, 0.2) is 52.3 Å². The Balaban J connectivity index is 1.90. The van der Waals surface area contributed by atoms with Gasteiger partial charge in [-0.2, -0.15) is 0 Å². The average molecular weight is 306 g/mol. The second kappa shape index (κ2) is 4.89. The largest absolute Gasteiger partial charge is 0.507 e. The van der Waals surface area contributed by atoms with Gasteiger partial charge in [0.15, 0.2) is 11.6 Å². The molecule has 0 saturated carbocycles. The molecule has 1 aliphatic rings. The minimum absolute atomic E-state index is 0.0118. The van der Waals surface area contributed by atoms with E-state index in [9.17, 15) is 17.9 Å². The molecule has 108 valence electrons. The van der Waals surface area contributed by atoms with Gasteiger partial charge in [-0.25, -0.2) is 12.8 Å². The number of hydrogen-bond acceptors (Lipinski definition) is 4. The van der Waals surface area contributed by atoms with Crippen molar-refractivity contribution in [2.24, 2.45) is 0 Å². The van der Waals surface area contributed by atoms with Gasteiger partial charge in [0.05, 0.1) is 9.80 Å². The predicted molar refractivity (Wildman–Crippen MR) is 75.2 cm³/mol. The molecular formula is C15H11FO4S. The Morgan fingerprint density at radius 2 is 1.86 bits per heavy atom. The maximum atomic E-state index is 13.4. The van der Waals surface area contributed by atoms with Crippen molar-refractivity contribution in [3.05, 3.63) is 58.8 Å². The van der Waals surface area contributed by atoms with Crippen LogP contribution in [0.5, 0.6) is 11.5 Å². The number of sulfone groups is 1. The average Bonchev–Trinajstić information content (AvgIpc) is 2.71. The van der Waals surface area contributed by atoms with Gasteiger partial charge < -0.3 is 9.84 Å². The zero-order valence-corrected chi connectivity index (χ0v) is 11.6. The first kappa shape index (κ1) is 13.6. The van der Waals surface area contributed by atoms with Crippen molar-refractivity contribution in [2.45, 2.75) is 4.90 Å². The van der Waals surface area contributed by atoms with E-state index in [1.165, 1.54) is 42.5 Å². The topological polar surface area (TPSA) is 63.6 Å². The van der Waals surface area contributed by atoms with Gasteiger partial charge in [0.2, 0.25) is 9.84 Å². The van der Waals surface area contributed by atoms with Crippen LogP contribution in [0.1, 0.15) is 5.56 Å². The molecule has 1 N–H and O–H groups in total. The van der Waals surface area contributed by atoms with E-state index in [2.05, 4.69) is 0 Å². The fraction of sp³-hybridized carbons (Fsp3) is 0.0667. The molecular weight excluding hydrogens is 295 g/mol. The van der Waals surface area contributed by atoms with Crippen LogP contribution in [-0.2, 0) is 9.84 Å². The zero-order chi connectivity index (χ0) is 15.0. The second-order valence-electron chi connectivity index (χ2n) is 4.52. The summed E-state index contributed by atoms with van der Waals surface area (Å²) in [6.07, 6.45) is 1.35.